The average molecular weight is 240 g/mol. The lowest BCUT2D eigenvalue weighted by Gasteiger charge is -2.46. The zero-order chi connectivity index (χ0) is 12.5. The zero-order valence-electron chi connectivity index (χ0n) is 11.8. The van der Waals surface area contributed by atoms with E-state index in [1.165, 1.54) is 25.9 Å². The Kier molecular flexibility index (Phi) is 4.11. The summed E-state index contributed by atoms with van der Waals surface area (Å²) in [6, 6.07) is 0.655. The highest BCUT2D eigenvalue weighted by atomic mass is 16.5. The monoisotopic (exact) mass is 240 g/mol. The van der Waals surface area contributed by atoms with Crippen LogP contribution in [0.25, 0.3) is 0 Å². The van der Waals surface area contributed by atoms with E-state index < -0.39 is 0 Å². The van der Waals surface area contributed by atoms with Crippen LogP contribution in [0.3, 0.4) is 0 Å². The van der Waals surface area contributed by atoms with E-state index in [-0.39, 0.29) is 0 Å². The third-order valence-corrected chi connectivity index (χ3v) is 4.78. The van der Waals surface area contributed by atoms with Crippen molar-refractivity contribution >= 4 is 0 Å². The molecule has 3 nitrogen and oxygen atoms in total. The van der Waals surface area contributed by atoms with E-state index in [2.05, 4.69) is 37.9 Å². The molecule has 2 rings (SSSR count). The van der Waals surface area contributed by atoms with Crippen molar-refractivity contribution in [2.45, 2.75) is 58.2 Å². The van der Waals surface area contributed by atoms with Crippen molar-refractivity contribution in [1.82, 2.24) is 10.2 Å². The second-order valence-electron chi connectivity index (χ2n) is 6.20. The first kappa shape index (κ1) is 13.3. The van der Waals surface area contributed by atoms with Crippen LogP contribution < -0.4 is 5.32 Å². The molecule has 0 bridgehead atoms. The Morgan fingerprint density at radius 3 is 2.76 bits per heavy atom. The minimum absolute atomic E-state index is 0.301. The highest BCUT2D eigenvalue weighted by Crippen LogP contribution is 2.25. The fourth-order valence-corrected chi connectivity index (χ4v) is 2.98. The van der Waals surface area contributed by atoms with Crippen molar-refractivity contribution in [3.8, 4) is 0 Å². The summed E-state index contributed by atoms with van der Waals surface area (Å²) >= 11 is 0. The molecule has 0 aromatic heterocycles. The Morgan fingerprint density at radius 2 is 2.18 bits per heavy atom. The highest BCUT2D eigenvalue weighted by Gasteiger charge is 2.35. The molecular formula is C14H28N2O. The summed E-state index contributed by atoms with van der Waals surface area (Å²) < 4.78 is 5.68. The Balaban J connectivity index is 1.93. The molecule has 2 saturated heterocycles. The first-order valence-corrected chi connectivity index (χ1v) is 7.15. The van der Waals surface area contributed by atoms with Crippen LogP contribution in [0.2, 0.25) is 0 Å². The third-order valence-electron chi connectivity index (χ3n) is 4.78. The smallest absolute Gasteiger partial charge is 0.0588 e. The van der Waals surface area contributed by atoms with Gasteiger partial charge in [0, 0.05) is 37.8 Å². The fourth-order valence-electron chi connectivity index (χ4n) is 2.98. The first-order valence-electron chi connectivity index (χ1n) is 7.15. The quantitative estimate of drug-likeness (QED) is 0.815. The van der Waals surface area contributed by atoms with Crippen molar-refractivity contribution in [3.63, 3.8) is 0 Å². The van der Waals surface area contributed by atoms with Crippen LogP contribution >= 0.6 is 0 Å². The molecule has 1 N–H and O–H groups in total. The lowest BCUT2D eigenvalue weighted by molar-refractivity contribution is 0.0525. The van der Waals surface area contributed by atoms with Crippen LogP contribution in [0.1, 0.15) is 40.5 Å². The molecule has 2 aliphatic rings. The molecule has 3 heteroatoms. The molecule has 0 aliphatic carbocycles. The van der Waals surface area contributed by atoms with Gasteiger partial charge in [0.15, 0.2) is 0 Å². The van der Waals surface area contributed by atoms with Gasteiger partial charge < -0.3 is 10.1 Å². The van der Waals surface area contributed by atoms with Crippen LogP contribution in [-0.2, 0) is 4.74 Å². The number of piperazine rings is 1. The molecule has 2 aliphatic heterocycles. The highest BCUT2D eigenvalue weighted by molar-refractivity contribution is 4.94. The van der Waals surface area contributed by atoms with Crippen LogP contribution in [0.4, 0.5) is 0 Å². The normalized spacial score (nSPS) is 44.1. The number of nitrogens with one attached hydrogen (secondary N) is 1. The van der Waals surface area contributed by atoms with Gasteiger partial charge in [0.05, 0.1) is 6.10 Å². The van der Waals surface area contributed by atoms with Crippen LogP contribution in [0, 0.1) is 5.92 Å². The van der Waals surface area contributed by atoms with Crippen molar-refractivity contribution in [2.24, 2.45) is 5.92 Å². The minimum Gasteiger partial charge on any atom is -0.378 e. The Morgan fingerprint density at radius 1 is 1.41 bits per heavy atom. The maximum atomic E-state index is 5.68. The van der Waals surface area contributed by atoms with Crippen molar-refractivity contribution < 1.29 is 4.74 Å². The second kappa shape index (κ2) is 5.25. The number of hydrogen-bond donors (Lipinski definition) is 1. The van der Waals surface area contributed by atoms with E-state index in [9.17, 15) is 0 Å². The zero-order valence-corrected chi connectivity index (χ0v) is 11.8. The molecule has 4 unspecified atom stereocenters. The van der Waals surface area contributed by atoms with Crippen LogP contribution in [0.15, 0.2) is 0 Å². The van der Waals surface area contributed by atoms with Gasteiger partial charge in [-0.25, -0.2) is 0 Å². The van der Waals surface area contributed by atoms with Gasteiger partial charge in [-0.1, -0.05) is 6.92 Å². The van der Waals surface area contributed by atoms with Gasteiger partial charge in [-0.3, -0.25) is 4.90 Å². The Bertz CT molecular complexity index is 259. The maximum absolute atomic E-state index is 5.68. The fraction of sp³-hybridized carbons (Fsp3) is 1.00. The van der Waals surface area contributed by atoms with Crippen LogP contribution in [0.5, 0.6) is 0 Å². The summed E-state index contributed by atoms with van der Waals surface area (Å²) in [7, 11) is 0. The molecule has 0 radical (unpaired) electrons. The van der Waals surface area contributed by atoms with E-state index in [1.54, 1.807) is 0 Å². The Labute approximate surface area is 106 Å². The molecule has 0 aromatic rings. The van der Waals surface area contributed by atoms with Gasteiger partial charge in [-0.15, -0.1) is 0 Å². The van der Waals surface area contributed by atoms with Gasteiger partial charge in [0.1, 0.15) is 0 Å². The van der Waals surface area contributed by atoms with Crippen molar-refractivity contribution in [2.75, 3.05) is 26.2 Å². The largest absolute Gasteiger partial charge is 0.378 e. The molecule has 17 heavy (non-hydrogen) atoms. The molecular weight excluding hydrogens is 212 g/mol. The van der Waals surface area contributed by atoms with Crippen molar-refractivity contribution in [1.29, 1.82) is 0 Å². The first-order chi connectivity index (χ1) is 8.04. The summed E-state index contributed by atoms with van der Waals surface area (Å²) in [5.41, 5.74) is 0.301. The number of nitrogens with zero attached hydrogens (tertiary/aromatic N) is 1. The minimum atomic E-state index is 0.301. The summed E-state index contributed by atoms with van der Waals surface area (Å²) in [5.74, 6) is 0.733. The maximum Gasteiger partial charge on any atom is 0.0588 e. The topological polar surface area (TPSA) is 24.5 Å². The standard InChI is InChI=1S/C14H28N2O/c1-5-14(4)10-16(11(2)8-15-14)9-13-6-7-17-12(13)3/h11-13,15H,5-10H2,1-4H3. The predicted octanol–water partition coefficient (Wildman–Crippen LogP) is 1.87. The summed E-state index contributed by atoms with van der Waals surface area (Å²) in [6.07, 6.45) is 2.89. The summed E-state index contributed by atoms with van der Waals surface area (Å²) in [4.78, 5) is 2.66. The molecule has 2 fully saturated rings. The summed E-state index contributed by atoms with van der Waals surface area (Å²) in [6.45, 7) is 13.6. The molecule has 0 spiro atoms. The van der Waals surface area contributed by atoms with Gasteiger partial charge in [0.2, 0.25) is 0 Å². The van der Waals surface area contributed by atoms with E-state index >= 15 is 0 Å². The number of rotatable bonds is 3. The summed E-state index contributed by atoms with van der Waals surface area (Å²) in [5, 5.41) is 3.69. The number of hydrogen-bond acceptors (Lipinski definition) is 3. The molecule has 2 heterocycles. The molecule has 0 saturated carbocycles. The lowest BCUT2D eigenvalue weighted by atomic mass is 9.92. The predicted molar refractivity (Wildman–Crippen MR) is 71.3 cm³/mol. The SMILES string of the molecule is CCC1(C)CN(CC2CCOC2C)C(C)CN1. The van der Waals surface area contributed by atoms with Gasteiger partial charge >= 0.3 is 0 Å². The number of ether oxygens (including phenoxy) is 1. The van der Waals surface area contributed by atoms with E-state index in [1.807, 2.05) is 0 Å². The van der Waals surface area contributed by atoms with Gasteiger partial charge in [0.25, 0.3) is 0 Å². The van der Waals surface area contributed by atoms with Crippen molar-refractivity contribution in [3.05, 3.63) is 0 Å². The van der Waals surface area contributed by atoms with E-state index in [4.69, 9.17) is 4.74 Å². The second-order valence-corrected chi connectivity index (χ2v) is 6.20. The molecule has 100 valence electrons. The Hall–Kier alpha value is -0.120. The van der Waals surface area contributed by atoms with Gasteiger partial charge in [-0.05, 0) is 39.5 Å². The van der Waals surface area contributed by atoms with E-state index in [0.29, 0.717) is 17.7 Å². The molecule has 4 atom stereocenters. The average Bonchev–Trinajstić information content (AvgIpc) is 2.70. The third kappa shape index (κ3) is 3.01. The van der Waals surface area contributed by atoms with Gasteiger partial charge in [-0.2, -0.15) is 0 Å². The molecule has 0 amide bonds. The van der Waals surface area contributed by atoms with E-state index in [0.717, 1.165) is 19.1 Å². The molecule has 0 aromatic carbocycles. The van der Waals surface area contributed by atoms with Crippen LogP contribution in [-0.4, -0.2) is 48.8 Å². The lowest BCUT2D eigenvalue weighted by Crippen LogP contribution is -2.62.